The van der Waals surface area contributed by atoms with Gasteiger partial charge in [-0.2, -0.15) is 0 Å². The highest BCUT2D eigenvalue weighted by atomic mass is 79.9. The molecule has 2 unspecified atom stereocenters. The van der Waals surface area contributed by atoms with E-state index in [0.717, 1.165) is 29.6 Å². The molecule has 1 saturated heterocycles. The Labute approximate surface area is 129 Å². The minimum atomic E-state index is 0.139. The van der Waals surface area contributed by atoms with Gasteiger partial charge in [0.1, 0.15) is 12.4 Å². The van der Waals surface area contributed by atoms with Crippen molar-refractivity contribution in [1.29, 1.82) is 0 Å². The third kappa shape index (κ3) is 5.38. The molecule has 1 N–H and O–H groups in total. The van der Waals surface area contributed by atoms with Gasteiger partial charge in [-0.05, 0) is 55.6 Å². The number of pyridine rings is 1. The lowest BCUT2D eigenvalue weighted by Gasteiger charge is -2.23. The molecule has 0 aliphatic carbocycles. The van der Waals surface area contributed by atoms with Crippen LogP contribution in [0.2, 0.25) is 0 Å². The van der Waals surface area contributed by atoms with Gasteiger partial charge >= 0.3 is 0 Å². The van der Waals surface area contributed by atoms with Crippen LogP contribution in [0.3, 0.4) is 0 Å². The van der Waals surface area contributed by atoms with E-state index in [1.54, 1.807) is 12.4 Å². The molecule has 2 atom stereocenters. The summed E-state index contributed by atoms with van der Waals surface area (Å²) in [6, 6.07) is 1.92. The Morgan fingerprint density at radius 2 is 2.10 bits per heavy atom. The second-order valence-electron chi connectivity index (χ2n) is 6.24. The van der Waals surface area contributed by atoms with Crippen LogP contribution in [0, 0.1) is 0 Å². The van der Waals surface area contributed by atoms with E-state index in [9.17, 15) is 0 Å². The van der Waals surface area contributed by atoms with Crippen molar-refractivity contribution in [2.24, 2.45) is 0 Å². The zero-order valence-corrected chi connectivity index (χ0v) is 13.9. The molecule has 1 aliphatic rings. The van der Waals surface area contributed by atoms with Gasteiger partial charge in [0, 0.05) is 22.8 Å². The molecular formula is C15H23BrN2O2. The molecule has 0 aromatic carbocycles. The Morgan fingerprint density at radius 3 is 2.80 bits per heavy atom. The average Bonchev–Trinajstić information content (AvgIpc) is 2.81. The summed E-state index contributed by atoms with van der Waals surface area (Å²) in [4.78, 5) is 4.08. The van der Waals surface area contributed by atoms with Crippen molar-refractivity contribution in [3.63, 3.8) is 0 Å². The standard InChI is InChI=1S/C15H23BrN2O2/c1-15(2,3)18-9-12-4-5-13(20-12)10-19-14-6-11(16)7-17-8-14/h6-8,12-13,18H,4-5,9-10H2,1-3H3. The normalized spacial score (nSPS) is 23.0. The molecule has 0 radical (unpaired) electrons. The predicted octanol–water partition coefficient (Wildman–Crippen LogP) is 3.16. The number of nitrogens with one attached hydrogen (secondary N) is 1. The smallest absolute Gasteiger partial charge is 0.138 e. The SMILES string of the molecule is CC(C)(C)NCC1CCC(COc2cncc(Br)c2)O1. The molecule has 1 aromatic heterocycles. The first-order chi connectivity index (χ1) is 9.42. The quantitative estimate of drug-likeness (QED) is 0.892. The highest BCUT2D eigenvalue weighted by Gasteiger charge is 2.26. The monoisotopic (exact) mass is 342 g/mol. The van der Waals surface area contributed by atoms with Gasteiger partial charge in [-0.1, -0.05) is 0 Å². The summed E-state index contributed by atoms with van der Waals surface area (Å²) < 4.78 is 12.6. The highest BCUT2D eigenvalue weighted by Crippen LogP contribution is 2.22. The van der Waals surface area contributed by atoms with Gasteiger partial charge in [0.05, 0.1) is 18.4 Å². The summed E-state index contributed by atoms with van der Waals surface area (Å²) in [5.41, 5.74) is 0.139. The van der Waals surface area contributed by atoms with Gasteiger partial charge < -0.3 is 14.8 Å². The van der Waals surface area contributed by atoms with E-state index in [0.29, 0.717) is 12.7 Å². The fourth-order valence-corrected chi connectivity index (χ4v) is 2.48. The van der Waals surface area contributed by atoms with Gasteiger partial charge in [0.2, 0.25) is 0 Å². The van der Waals surface area contributed by atoms with Crippen LogP contribution in [0.1, 0.15) is 33.6 Å². The molecule has 2 heterocycles. The first-order valence-electron chi connectivity index (χ1n) is 7.06. The fourth-order valence-electron chi connectivity index (χ4n) is 2.13. The first kappa shape index (κ1) is 15.7. The van der Waals surface area contributed by atoms with E-state index in [2.05, 4.69) is 47.0 Å². The minimum Gasteiger partial charge on any atom is -0.489 e. The summed E-state index contributed by atoms with van der Waals surface area (Å²) in [6.07, 6.45) is 6.08. The summed E-state index contributed by atoms with van der Waals surface area (Å²) >= 11 is 3.38. The number of aromatic nitrogens is 1. The number of nitrogens with zero attached hydrogens (tertiary/aromatic N) is 1. The summed E-state index contributed by atoms with van der Waals surface area (Å²) in [5, 5.41) is 3.48. The van der Waals surface area contributed by atoms with Crippen LogP contribution < -0.4 is 10.1 Å². The van der Waals surface area contributed by atoms with E-state index in [1.807, 2.05) is 6.07 Å². The van der Waals surface area contributed by atoms with Gasteiger partial charge in [-0.3, -0.25) is 4.98 Å². The Hall–Kier alpha value is -0.650. The van der Waals surface area contributed by atoms with Crippen molar-refractivity contribution in [3.05, 3.63) is 22.9 Å². The van der Waals surface area contributed by atoms with Crippen LogP contribution in [0.5, 0.6) is 5.75 Å². The van der Waals surface area contributed by atoms with Crippen LogP contribution in [0.25, 0.3) is 0 Å². The lowest BCUT2D eigenvalue weighted by Crippen LogP contribution is -2.41. The second kappa shape index (κ2) is 6.87. The van der Waals surface area contributed by atoms with Crippen molar-refractivity contribution in [2.45, 2.75) is 51.4 Å². The zero-order valence-electron chi connectivity index (χ0n) is 12.4. The molecule has 112 valence electrons. The molecule has 1 fully saturated rings. The molecule has 0 amide bonds. The maximum absolute atomic E-state index is 5.99. The highest BCUT2D eigenvalue weighted by molar-refractivity contribution is 9.10. The minimum absolute atomic E-state index is 0.139. The van der Waals surface area contributed by atoms with E-state index in [1.165, 1.54) is 0 Å². The van der Waals surface area contributed by atoms with Gasteiger partial charge in [-0.25, -0.2) is 0 Å². The molecule has 4 nitrogen and oxygen atoms in total. The molecule has 0 spiro atoms. The third-order valence-electron chi connectivity index (χ3n) is 3.17. The summed E-state index contributed by atoms with van der Waals surface area (Å²) in [5.74, 6) is 0.777. The van der Waals surface area contributed by atoms with Crippen molar-refractivity contribution < 1.29 is 9.47 Å². The van der Waals surface area contributed by atoms with Crippen LogP contribution in [0.15, 0.2) is 22.9 Å². The number of rotatable bonds is 5. The average molecular weight is 343 g/mol. The Balaban J connectivity index is 1.71. The largest absolute Gasteiger partial charge is 0.489 e. The molecule has 2 rings (SSSR count). The topological polar surface area (TPSA) is 43.4 Å². The lowest BCUT2D eigenvalue weighted by atomic mass is 10.1. The Morgan fingerprint density at radius 1 is 1.35 bits per heavy atom. The molecule has 1 aliphatic heterocycles. The van der Waals surface area contributed by atoms with Crippen LogP contribution >= 0.6 is 15.9 Å². The van der Waals surface area contributed by atoms with Crippen LogP contribution in [-0.4, -0.2) is 35.9 Å². The van der Waals surface area contributed by atoms with Crippen molar-refractivity contribution in [2.75, 3.05) is 13.2 Å². The summed E-state index contributed by atoms with van der Waals surface area (Å²) in [6.45, 7) is 8.00. The van der Waals surface area contributed by atoms with E-state index < -0.39 is 0 Å². The van der Waals surface area contributed by atoms with Crippen molar-refractivity contribution in [3.8, 4) is 5.75 Å². The number of hydrogen-bond donors (Lipinski definition) is 1. The van der Waals surface area contributed by atoms with Crippen molar-refractivity contribution >= 4 is 15.9 Å². The Kier molecular flexibility index (Phi) is 5.41. The second-order valence-corrected chi connectivity index (χ2v) is 7.15. The van der Waals surface area contributed by atoms with E-state index in [4.69, 9.17) is 9.47 Å². The molecule has 20 heavy (non-hydrogen) atoms. The molecule has 0 bridgehead atoms. The number of hydrogen-bond acceptors (Lipinski definition) is 4. The van der Waals surface area contributed by atoms with E-state index in [-0.39, 0.29) is 11.6 Å². The van der Waals surface area contributed by atoms with Crippen LogP contribution in [-0.2, 0) is 4.74 Å². The summed E-state index contributed by atoms with van der Waals surface area (Å²) in [7, 11) is 0. The molecular weight excluding hydrogens is 320 g/mol. The maximum Gasteiger partial charge on any atom is 0.138 e. The van der Waals surface area contributed by atoms with Crippen LogP contribution in [0.4, 0.5) is 0 Å². The van der Waals surface area contributed by atoms with Crippen molar-refractivity contribution in [1.82, 2.24) is 10.3 Å². The van der Waals surface area contributed by atoms with E-state index >= 15 is 0 Å². The maximum atomic E-state index is 5.99. The number of ether oxygens (including phenoxy) is 2. The van der Waals surface area contributed by atoms with Gasteiger partial charge in [-0.15, -0.1) is 0 Å². The first-order valence-corrected chi connectivity index (χ1v) is 7.85. The number of halogens is 1. The fraction of sp³-hybridized carbons (Fsp3) is 0.667. The third-order valence-corrected chi connectivity index (χ3v) is 3.60. The predicted molar refractivity (Wildman–Crippen MR) is 83.1 cm³/mol. The Bertz CT molecular complexity index is 434. The molecule has 5 heteroatoms. The molecule has 1 aromatic rings. The zero-order chi connectivity index (χ0) is 14.6. The lowest BCUT2D eigenvalue weighted by molar-refractivity contribution is 0.0161. The van der Waals surface area contributed by atoms with Gasteiger partial charge in [0.25, 0.3) is 0 Å². The van der Waals surface area contributed by atoms with Gasteiger partial charge in [0.15, 0.2) is 0 Å². The molecule has 0 saturated carbocycles.